The lowest BCUT2D eigenvalue weighted by atomic mass is 10.3. The molecule has 2 aromatic rings. The van der Waals surface area contributed by atoms with E-state index in [0.29, 0.717) is 30.4 Å². The summed E-state index contributed by atoms with van der Waals surface area (Å²) in [6.45, 7) is 2.91. The number of benzene rings is 2. The van der Waals surface area contributed by atoms with Gasteiger partial charge in [-0.05, 0) is 30.0 Å². The highest BCUT2D eigenvalue weighted by molar-refractivity contribution is 7.99. The fraction of sp³-hybridized carbons (Fsp3) is 0.250. The van der Waals surface area contributed by atoms with Gasteiger partial charge in [0, 0.05) is 11.0 Å². The van der Waals surface area contributed by atoms with Gasteiger partial charge in [-0.25, -0.2) is 8.42 Å². The summed E-state index contributed by atoms with van der Waals surface area (Å²) in [7, 11) is -3.69. The molecule has 2 aromatic carbocycles. The van der Waals surface area contributed by atoms with Crippen LogP contribution in [0.15, 0.2) is 52.3 Å². The summed E-state index contributed by atoms with van der Waals surface area (Å²) >= 11 is 1.59. The third-order valence-electron chi connectivity index (χ3n) is 3.26. The lowest BCUT2D eigenvalue weighted by Crippen LogP contribution is -2.17. The smallest absolute Gasteiger partial charge is 0.262 e. The van der Waals surface area contributed by atoms with E-state index in [-0.39, 0.29) is 4.90 Å². The monoisotopic (exact) mass is 351 g/mol. The Hall–Kier alpha value is -1.86. The molecule has 0 aliphatic carbocycles. The lowest BCUT2D eigenvalue weighted by molar-refractivity contribution is 0.171. The zero-order chi connectivity index (χ0) is 16.3. The molecule has 1 heterocycles. The van der Waals surface area contributed by atoms with Crippen molar-refractivity contribution in [3.05, 3.63) is 42.5 Å². The van der Waals surface area contributed by atoms with Gasteiger partial charge in [0.05, 0.1) is 10.6 Å². The van der Waals surface area contributed by atoms with Crippen LogP contribution in [0.25, 0.3) is 0 Å². The summed E-state index contributed by atoms with van der Waals surface area (Å²) in [6, 6.07) is 12.0. The molecule has 0 spiro atoms. The second-order valence-electron chi connectivity index (χ2n) is 4.84. The largest absolute Gasteiger partial charge is 0.486 e. The van der Waals surface area contributed by atoms with Gasteiger partial charge < -0.3 is 9.47 Å². The molecule has 0 bridgehead atoms. The summed E-state index contributed by atoms with van der Waals surface area (Å²) in [5, 5.41) is 0. The molecule has 1 aliphatic rings. The zero-order valence-corrected chi connectivity index (χ0v) is 14.2. The summed E-state index contributed by atoms with van der Waals surface area (Å²) in [5.41, 5.74) is 0.578. The third-order valence-corrected chi connectivity index (χ3v) is 5.57. The Bertz CT molecular complexity index is 805. The van der Waals surface area contributed by atoms with Crippen LogP contribution in [0, 0.1) is 0 Å². The first-order valence-corrected chi connectivity index (χ1v) is 9.71. The van der Waals surface area contributed by atoms with E-state index in [4.69, 9.17) is 9.47 Å². The van der Waals surface area contributed by atoms with Crippen molar-refractivity contribution < 1.29 is 17.9 Å². The highest BCUT2D eigenvalue weighted by atomic mass is 32.2. The van der Waals surface area contributed by atoms with Crippen LogP contribution in [0.3, 0.4) is 0 Å². The van der Waals surface area contributed by atoms with E-state index in [1.54, 1.807) is 30.0 Å². The first kappa shape index (κ1) is 16.0. The van der Waals surface area contributed by atoms with Gasteiger partial charge in [0.1, 0.15) is 13.2 Å². The summed E-state index contributed by atoms with van der Waals surface area (Å²) < 4.78 is 38.8. The number of thioether (sulfide) groups is 1. The molecular formula is C16H17NO4S2. The van der Waals surface area contributed by atoms with Crippen molar-refractivity contribution in [2.24, 2.45) is 0 Å². The van der Waals surface area contributed by atoms with Crippen LogP contribution < -0.4 is 14.2 Å². The Balaban J connectivity index is 1.90. The normalized spacial score (nSPS) is 13.6. The van der Waals surface area contributed by atoms with Crippen LogP contribution >= 0.6 is 11.8 Å². The quantitative estimate of drug-likeness (QED) is 0.837. The molecule has 1 aliphatic heterocycles. The van der Waals surface area contributed by atoms with E-state index in [1.807, 2.05) is 19.1 Å². The summed E-state index contributed by atoms with van der Waals surface area (Å²) in [6.07, 6.45) is 0. The number of anilines is 1. The van der Waals surface area contributed by atoms with Crippen molar-refractivity contribution in [2.75, 3.05) is 23.7 Å². The highest BCUT2D eigenvalue weighted by Crippen LogP contribution is 2.34. The Kier molecular flexibility index (Phi) is 4.68. The number of hydrogen-bond donors (Lipinski definition) is 1. The Morgan fingerprint density at radius 3 is 2.61 bits per heavy atom. The van der Waals surface area contributed by atoms with E-state index in [1.165, 1.54) is 12.1 Å². The number of nitrogens with one attached hydrogen (secondary N) is 1. The zero-order valence-electron chi connectivity index (χ0n) is 12.6. The molecule has 1 N–H and O–H groups in total. The predicted octanol–water partition coefficient (Wildman–Crippen LogP) is 3.37. The van der Waals surface area contributed by atoms with Crippen LogP contribution in [0.2, 0.25) is 0 Å². The molecule has 23 heavy (non-hydrogen) atoms. The van der Waals surface area contributed by atoms with Crippen molar-refractivity contribution in [1.29, 1.82) is 0 Å². The number of sulfonamides is 1. The van der Waals surface area contributed by atoms with Gasteiger partial charge >= 0.3 is 0 Å². The Morgan fingerprint density at radius 1 is 1.09 bits per heavy atom. The minimum Gasteiger partial charge on any atom is -0.486 e. The van der Waals surface area contributed by atoms with Crippen molar-refractivity contribution in [1.82, 2.24) is 0 Å². The average molecular weight is 351 g/mol. The fourth-order valence-electron chi connectivity index (χ4n) is 2.23. The molecule has 5 nitrogen and oxygen atoms in total. The van der Waals surface area contributed by atoms with Crippen LogP contribution in [0.1, 0.15) is 6.92 Å². The van der Waals surface area contributed by atoms with E-state index >= 15 is 0 Å². The molecule has 0 saturated heterocycles. The molecule has 0 radical (unpaired) electrons. The van der Waals surface area contributed by atoms with Gasteiger partial charge in [-0.2, -0.15) is 0 Å². The molecular weight excluding hydrogens is 334 g/mol. The van der Waals surface area contributed by atoms with Crippen LogP contribution in [-0.4, -0.2) is 27.4 Å². The molecule has 3 rings (SSSR count). The lowest BCUT2D eigenvalue weighted by Gasteiger charge is -2.19. The molecule has 0 fully saturated rings. The summed E-state index contributed by atoms with van der Waals surface area (Å²) in [5.74, 6) is 1.88. The molecule has 0 unspecified atom stereocenters. The van der Waals surface area contributed by atoms with Gasteiger partial charge in [-0.15, -0.1) is 11.8 Å². The molecule has 0 atom stereocenters. The van der Waals surface area contributed by atoms with Crippen molar-refractivity contribution in [3.63, 3.8) is 0 Å². The van der Waals surface area contributed by atoms with Crippen molar-refractivity contribution in [3.8, 4) is 11.5 Å². The highest BCUT2D eigenvalue weighted by Gasteiger charge is 2.20. The maximum absolute atomic E-state index is 12.6. The van der Waals surface area contributed by atoms with Crippen LogP contribution in [-0.2, 0) is 10.0 Å². The second kappa shape index (κ2) is 6.72. The van der Waals surface area contributed by atoms with E-state index in [2.05, 4.69) is 4.72 Å². The molecule has 7 heteroatoms. The maximum Gasteiger partial charge on any atom is 0.262 e. The minimum absolute atomic E-state index is 0.151. The summed E-state index contributed by atoms with van der Waals surface area (Å²) in [4.78, 5) is 1.05. The van der Waals surface area contributed by atoms with Crippen molar-refractivity contribution in [2.45, 2.75) is 16.7 Å². The van der Waals surface area contributed by atoms with Crippen LogP contribution in [0.5, 0.6) is 11.5 Å². The van der Waals surface area contributed by atoms with Gasteiger partial charge in [0.25, 0.3) is 10.0 Å². The number of ether oxygens (including phenoxy) is 2. The molecule has 0 saturated carbocycles. The molecule has 122 valence electrons. The molecule has 0 amide bonds. The van der Waals surface area contributed by atoms with E-state index < -0.39 is 10.0 Å². The minimum atomic E-state index is -3.69. The topological polar surface area (TPSA) is 64.6 Å². The predicted molar refractivity (Wildman–Crippen MR) is 91.1 cm³/mol. The first-order valence-electron chi connectivity index (χ1n) is 7.24. The molecule has 0 aromatic heterocycles. The van der Waals surface area contributed by atoms with Gasteiger partial charge in [-0.1, -0.05) is 19.1 Å². The Morgan fingerprint density at radius 2 is 1.83 bits per heavy atom. The van der Waals surface area contributed by atoms with Crippen LogP contribution in [0.4, 0.5) is 5.69 Å². The number of fused-ring (bicyclic) bond motifs is 1. The third kappa shape index (κ3) is 3.56. The standard InChI is InChI=1S/C16H17NO4S2/c1-2-22-16-6-4-3-5-13(16)17-23(18,19)12-7-8-14-15(11-12)21-10-9-20-14/h3-8,11,17H,2,9-10H2,1H3. The van der Waals surface area contributed by atoms with Gasteiger partial charge in [0.15, 0.2) is 11.5 Å². The SMILES string of the molecule is CCSc1ccccc1NS(=O)(=O)c1ccc2c(c1)OCCO2. The van der Waals surface area contributed by atoms with Gasteiger partial charge in [-0.3, -0.25) is 4.72 Å². The van der Waals surface area contributed by atoms with Gasteiger partial charge in [0.2, 0.25) is 0 Å². The maximum atomic E-state index is 12.6. The number of para-hydroxylation sites is 1. The van der Waals surface area contributed by atoms with Crippen molar-refractivity contribution >= 4 is 27.5 Å². The second-order valence-corrected chi connectivity index (χ2v) is 7.83. The number of rotatable bonds is 5. The average Bonchev–Trinajstić information content (AvgIpc) is 2.56. The Labute approximate surface area is 140 Å². The number of hydrogen-bond acceptors (Lipinski definition) is 5. The van der Waals surface area contributed by atoms with E-state index in [9.17, 15) is 8.42 Å². The fourth-order valence-corrected chi connectivity index (χ4v) is 4.15. The first-order chi connectivity index (χ1) is 11.1. The van der Waals surface area contributed by atoms with E-state index in [0.717, 1.165) is 10.6 Å².